The minimum Gasteiger partial charge on any atom is -0.477 e. The molecule has 0 aromatic heterocycles. The Morgan fingerprint density at radius 3 is 2.57 bits per heavy atom. The van der Waals surface area contributed by atoms with Crippen molar-refractivity contribution in [2.45, 2.75) is 83.8 Å². The van der Waals surface area contributed by atoms with E-state index in [0.29, 0.717) is 18.8 Å². The van der Waals surface area contributed by atoms with Gasteiger partial charge in [0.05, 0.1) is 0 Å². The van der Waals surface area contributed by atoms with Crippen molar-refractivity contribution in [2.75, 3.05) is 0 Å². The van der Waals surface area contributed by atoms with E-state index in [9.17, 15) is 19.8 Å². The zero-order valence-corrected chi connectivity index (χ0v) is 18.6. The molecule has 0 amide bonds. The lowest BCUT2D eigenvalue weighted by molar-refractivity contribution is -0.219. The maximum Gasteiger partial charge on any atom is 0.364 e. The van der Waals surface area contributed by atoms with Crippen molar-refractivity contribution in [3.63, 3.8) is 0 Å². The molecule has 1 saturated carbocycles. The minimum atomic E-state index is -2.74. The third-order valence-corrected chi connectivity index (χ3v) is 6.29. The number of unbranched alkanes of at least 4 members (excludes halogenated alkanes) is 3. The van der Waals surface area contributed by atoms with Crippen LogP contribution in [-0.4, -0.2) is 32.9 Å². The number of Topliss-reactive ketones (excluding diaryl/α,β-unsaturated/α-hetero) is 1. The van der Waals surface area contributed by atoms with E-state index in [1.165, 1.54) is 32.6 Å². The molecule has 170 valence electrons. The summed E-state index contributed by atoms with van der Waals surface area (Å²) >= 11 is 0. The van der Waals surface area contributed by atoms with Crippen LogP contribution >= 0.6 is 0 Å². The highest BCUT2D eigenvalue weighted by Gasteiger charge is 2.38. The highest BCUT2D eigenvalue weighted by molar-refractivity contribution is 5.83. The van der Waals surface area contributed by atoms with Crippen LogP contribution < -0.4 is 0 Å². The van der Waals surface area contributed by atoms with Gasteiger partial charge in [0.1, 0.15) is 5.78 Å². The SMILES string of the molecule is C=C[C@@H](C/C=C/[C@H]1CCC(=O)[C@@H]1C/C=C\CC(C)C(O)(O)C(=O)O)CCCCCC. The van der Waals surface area contributed by atoms with E-state index < -0.39 is 17.7 Å². The molecule has 5 heteroatoms. The van der Waals surface area contributed by atoms with Gasteiger partial charge in [-0.25, -0.2) is 4.79 Å². The predicted molar refractivity (Wildman–Crippen MR) is 120 cm³/mol. The summed E-state index contributed by atoms with van der Waals surface area (Å²) in [7, 11) is 0. The molecule has 0 aliphatic heterocycles. The lowest BCUT2D eigenvalue weighted by atomic mass is 9.90. The molecule has 0 radical (unpaired) electrons. The van der Waals surface area contributed by atoms with Gasteiger partial charge in [0.15, 0.2) is 0 Å². The Labute approximate surface area is 181 Å². The monoisotopic (exact) mass is 420 g/mol. The van der Waals surface area contributed by atoms with Crippen LogP contribution in [0.4, 0.5) is 0 Å². The van der Waals surface area contributed by atoms with Crippen LogP contribution in [0.2, 0.25) is 0 Å². The number of hydrogen-bond donors (Lipinski definition) is 3. The van der Waals surface area contributed by atoms with Crippen LogP contribution in [0, 0.1) is 23.7 Å². The average molecular weight is 421 g/mol. The van der Waals surface area contributed by atoms with E-state index >= 15 is 0 Å². The number of aliphatic hydroxyl groups is 2. The van der Waals surface area contributed by atoms with E-state index in [1.54, 1.807) is 6.08 Å². The molecule has 1 fully saturated rings. The molecule has 0 spiro atoms. The van der Waals surface area contributed by atoms with Gasteiger partial charge in [-0.2, -0.15) is 0 Å². The molecular formula is C25H40O5. The second-order valence-corrected chi connectivity index (χ2v) is 8.66. The predicted octanol–water partition coefficient (Wildman–Crippen LogP) is 5.04. The molecule has 0 heterocycles. The third-order valence-electron chi connectivity index (χ3n) is 6.29. The lowest BCUT2D eigenvalue weighted by Crippen LogP contribution is -2.44. The zero-order valence-electron chi connectivity index (χ0n) is 18.6. The normalized spacial score (nSPS) is 22.1. The summed E-state index contributed by atoms with van der Waals surface area (Å²) in [6.07, 6.45) is 19.5. The Bertz CT molecular complexity index is 605. The molecule has 3 N–H and O–H groups in total. The van der Waals surface area contributed by atoms with Gasteiger partial charge in [0, 0.05) is 18.3 Å². The smallest absolute Gasteiger partial charge is 0.364 e. The first-order valence-corrected chi connectivity index (χ1v) is 11.4. The van der Waals surface area contributed by atoms with E-state index in [4.69, 9.17) is 5.11 Å². The van der Waals surface area contributed by atoms with E-state index in [-0.39, 0.29) is 24.0 Å². The van der Waals surface area contributed by atoms with Gasteiger partial charge in [-0.3, -0.25) is 4.79 Å². The Kier molecular flexibility index (Phi) is 11.9. The van der Waals surface area contributed by atoms with Crippen molar-refractivity contribution in [2.24, 2.45) is 23.7 Å². The first-order valence-electron chi connectivity index (χ1n) is 11.4. The van der Waals surface area contributed by atoms with Gasteiger partial charge >= 0.3 is 5.97 Å². The fourth-order valence-corrected chi connectivity index (χ4v) is 3.98. The Morgan fingerprint density at radius 2 is 1.93 bits per heavy atom. The van der Waals surface area contributed by atoms with Crippen molar-refractivity contribution in [3.05, 3.63) is 37.0 Å². The molecule has 0 aromatic carbocycles. The number of ketones is 1. The Balaban J connectivity index is 2.50. The first kappa shape index (κ1) is 26.3. The van der Waals surface area contributed by atoms with Crippen LogP contribution in [0.25, 0.3) is 0 Å². The number of aliphatic carboxylic acids is 1. The molecule has 0 aromatic rings. The fraction of sp³-hybridized carbons (Fsp3) is 0.680. The van der Waals surface area contributed by atoms with Crippen molar-refractivity contribution in [1.29, 1.82) is 0 Å². The fourth-order valence-electron chi connectivity index (χ4n) is 3.98. The molecule has 30 heavy (non-hydrogen) atoms. The van der Waals surface area contributed by atoms with Crippen LogP contribution in [0.3, 0.4) is 0 Å². The molecule has 5 nitrogen and oxygen atoms in total. The molecule has 1 unspecified atom stereocenters. The number of allylic oxidation sites excluding steroid dienone is 5. The summed E-state index contributed by atoms with van der Waals surface area (Å²) in [4.78, 5) is 23.1. The lowest BCUT2D eigenvalue weighted by Gasteiger charge is -2.22. The summed E-state index contributed by atoms with van der Waals surface area (Å²) in [6, 6.07) is 0. The van der Waals surface area contributed by atoms with Crippen LogP contribution in [-0.2, 0) is 9.59 Å². The van der Waals surface area contributed by atoms with Crippen LogP contribution in [0.15, 0.2) is 37.0 Å². The standard InChI is InChI=1S/C25H40O5/c1-4-6-7-8-13-20(5-2)14-11-15-21-17-18-23(26)22(21)16-10-9-12-19(3)25(29,30)24(27)28/h5,9-11,15,19-22,29-30H,2,4,6-8,12-14,16-18H2,1,3H3,(H,27,28)/b10-9-,15-11+/t19?,20-,21+,22-/m1/s1. The molecule has 0 saturated heterocycles. The minimum absolute atomic E-state index is 0.0491. The quantitative estimate of drug-likeness (QED) is 0.196. The van der Waals surface area contributed by atoms with Gasteiger partial charge in [-0.05, 0) is 43.9 Å². The van der Waals surface area contributed by atoms with Gasteiger partial charge < -0.3 is 15.3 Å². The summed E-state index contributed by atoms with van der Waals surface area (Å²) < 4.78 is 0. The van der Waals surface area contributed by atoms with Gasteiger partial charge in [-0.15, -0.1) is 6.58 Å². The van der Waals surface area contributed by atoms with Crippen molar-refractivity contribution in [3.8, 4) is 0 Å². The van der Waals surface area contributed by atoms with Crippen molar-refractivity contribution < 1.29 is 24.9 Å². The first-order chi connectivity index (χ1) is 14.2. The highest BCUT2D eigenvalue weighted by Crippen LogP contribution is 2.33. The summed E-state index contributed by atoms with van der Waals surface area (Å²) in [6.45, 7) is 7.65. The third kappa shape index (κ3) is 8.57. The number of rotatable bonds is 15. The zero-order chi connectivity index (χ0) is 22.6. The van der Waals surface area contributed by atoms with Gasteiger partial charge in [-0.1, -0.05) is 69.9 Å². The van der Waals surface area contributed by atoms with Crippen LogP contribution in [0.1, 0.15) is 78.1 Å². The van der Waals surface area contributed by atoms with E-state index in [0.717, 1.165) is 19.3 Å². The summed E-state index contributed by atoms with van der Waals surface area (Å²) in [5, 5.41) is 27.9. The molecular weight excluding hydrogens is 380 g/mol. The number of carboxylic acid groups (broad SMARTS) is 1. The maximum atomic E-state index is 12.3. The van der Waals surface area contributed by atoms with Gasteiger partial charge in [0.25, 0.3) is 5.79 Å². The van der Waals surface area contributed by atoms with Crippen molar-refractivity contribution in [1.82, 2.24) is 0 Å². The topological polar surface area (TPSA) is 94.8 Å². The molecule has 4 atom stereocenters. The van der Waals surface area contributed by atoms with Crippen LogP contribution in [0.5, 0.6) is 0 Å². The second kappa shape index (κ2) is 13.6. The summed E-state index contributed by atoms with van der Waals surface area (Å²) in [5.41, 5.74) is 0. The summed E-state index contributed by atoms with van der Waals surface area (Å²) in [5.74, 6) is -4.28. The Morgan fingerprint density at radius 1 is 1.20 bits per heavy atom. The van der Waals surface area contributed by atoms with E-state index in [2.05, 4.69) is 25.7 Å². The number of hydrogen-bond acceptors (Lipinski definition) is 4. The second-order valence-electron chi connectivity index (χ2n) is 8.66. The van der Waals surface area contributed by atoms with Crippen molar-refractivity contribution >= 4 is 11.8 Å². The van der Waals surface area contributed by atoms with Gasteiger partial charge in [0.2, 0.25) is 0 Å². The highest BCUT2D eigenvalue weighted by atomic mass is 16.5. The maximum absolute atomic E-state index is 12.3. The average Bonchev–Trinajstić information content (AvgIpc) is 3.06. The number of carbonyl (C=O) groups excluding carboxylic acids is 1. The largest absolute Gasteiger partial charge is 0.477 e. The Hall–Kier alpha value is -1.72. The molecule has 0 bridgehead atoms. The molecule has 1 rings (SSSR count). The van der Waals surface area contributed by atoms with E-state index in [1.807, 2.05) is 12.2 Å². The number of carboxylic acids is 1. The molecule has 1 aliphatic carbocycles. The number of carbonyl (C=O) groups is 2. The molecule has 1 aliphatic rings.